The molecule has 16 heavy (non-hydrogen) atoms. The topological polar surface area (TPSA) is 105 Å². The van der Waals surface area contributed by atoms with Crippen molar-refractivity contribution in [2.45, 2.75) is 39.3 Å². The molecule has 0 fully saturated rings. The number of rotatable bonds is 8. The lowest BCUT2D eigenvalue weighted by molar-refractivity contribution is 0.0911. The van der Waals surface area contributed by atoms with Gasteiger partial charge < -0.3 is 10.5 Å². The van der Waals surface area contributed by atoms with Crippen LogP contribution in [0.5, 0.6) is 0 Å². The van der Waals surface area contributed by atoms with Crippen LogP contribution >= 0.6 is 0 Å². The predicted molar refractivity (Wildman–Crippen MR) is 64.0 cm³/mol. The van der Waals surface area contributed by atoms with E-state index in [2.05, 4.69) is 4.72 Å². The molecule has 0 saturated carbocycles. The first-order valence-corrected chi connectivity index (χ1v) is 6.82. The fourth-order valence-corrected chi connectivity index (χ4v) is 2.26. The lowest BCUT2D eigenvalue weighted by Gasteiger charge is -2.14. The van der Waals surface area contributed by atoms with Gasteiger partial charge in [-0.25, -0.2) is 13.1 Å². The number of sulfonamides is 1. The maximum Gasteiger partial charge on any atom is 0.214 e. The molecule has 96 valence electrons. The summed E-state index contributed by atoms with van der Waals surface area (Å²) in [7, 11) is -3.35. The monoisotopic (exact) mass is 251 g/mol. The molecule has 4 N–H and O–H groups in total. The van der Waals surface area contributed by atoms with Gasteiger partial charge in [-0.15, -0.1) is 0 Å². The molecule has 1 unspecified atom stereocenters. The summed E-state index contributed by atoms with van der Waals surface area (Å²) in [5.74, 6) is -0.110. The molecule has 0 rings (SSSR count). The molecule has 0 aliphatic rings. The van der Waals surface area contributed by atoms with Crippen LogP contribution in [-0.4, -0.2) is 38.8 Å². The number of ether oxygens (including phenoxy) is 1. The van der Waals surface area contributed by atoms with E-state index >= 15 is 0 Å². The first kappa shape index (κ1) is 15.3. The minimum atomic E-state index is -3.35. The average molecular weight is 251 g/mol. The zero-order chi connectivity index (χ0) is 12.8. The lowest BCUT2D eigenvalue weighted by Crippen LogP contribution is -2.38. The van der Waals surface area contributed by atoms with Crippen LogP contribution in [0.4, 0.5) is 0 Å². The van der Waals surface area contributed by atoms with Gasteiger partial charge in [0.25, 0.3) is 0 Å². The Hall–Kier alpha value is -0.660. The van der Waals surface area contributed by atoms with E-state index in [-0.39, 0.29) is 36.8 Å². The number of nitrogens with two attached hydrogens (primary N) is 1. The van der Waals surface area contributed by atoms with Gasteiger partial charge in [0.1, 0.15) is 0 Å². The van der Waals surface area contributed by atoms with E-state index in [9.17, 15) is 8.42 Å². The zero-order valence-corrected chi connectivity index (χ0v) is 10.8. The Morgan fingerprint density at radius 3 is 2.44 bits per heavy atom. The molecule has 0 amide bonds. The Labute approximate surface area is 97.1 Å². The van der Waals surface area contributed by atoms with Gasteiger partial charge in [0.15, 0.2) is 0 Å². The fraction of sp³-hybridized carbons (Fsp3) is 0.889. The Kier molecular flexibility index (Phi) is 6.54. The molecule has 0 spiro atoms. The molecule has 0 heterocycles. The van der Waals surface area contributed by atoms with Crippen molar-refractivity contribution < 1.29 is 13.2 Å². The molecular weight excluding hydrogens is 230 g/mol. The Bertz CT molecular complexity index is 314. The van der Waals surface area contributed by atoms with E-state index in [0.717, 1.165) is 0 Å². The predicted octanol–water partition coefficient (Wildman–Crippen LogP) is 0.0454. The van der Waals surface area contributed by atoms with E-state index in [4.69, 9.17) is 15.9 Å². The van der Waals surface area contributed by atoms with E-state index in [0.29, 0.717) is 0 Å². The van der Waals surface area contributed by atoms with Crippen molar-refractivity contribution in [2.75, 3.05) is 12.4 Å². The van der Waals surface area contributed by atoms with Crippen LogP contribution in [0.25, 0.3) is 0 Å². The highest BCUT2D eigenvalue weighted by Gasteiger charge is 2.15. The maximum atomic E-state index is 11.5. The summed E-state index contributed by atoms with van der Waals surface area (Å²) < 4.78 is 30.6. The molecule has 0 saturated heterocycles. The van der Waals surface area contributed by atoms with E-state index in [1.165, 1.54) is 0 Å². The highest BCUT2D eigenvalue weighted by Crippen LogP contribution is 1.96. The van der Waals surface area contributed by atoms with Gasteiger partial charge in [0.05, 0.1) is 24.3 Å². The van der Waals surface area contributed by atoms with Gasteiger partial charge in [-0.05, 0) is 20.8 Å². The average Bonchev–Trinajstić information content (AvgIpc) is 1.98. The second-order valence-electron chi connectivity index (χ2n) is 3.99. The SMILES string of the molecule is CC(CC(=N)N)NS(=O)(=O)CCOC(C)C. The molecule has 0 aromatic carbocycles. The summed E-state index contributed by atoms with van der Waals surface area (Å²) in [6.45, 7) is 5.53. The first-order valence-electron chi connectivity index (χ1n) is 5.17. The summed E-state index contributed by atoms with van der Waals surface area (Å²) in [6.07, 6.45) is 0.231. The van der Waals surface area contributed by atoms with Crippen LogP contribution < -0.4 is 10.5 Å². The third-order valence-corrected chi connectivity index (χ3v) is 3.18. The molecule has 1 atom stereocenters. The maximum absolute atomic E-state index is 11.5. The molecule has 0 aromatic rings. The molecule has 6 nitrogen and oxygen atoms in total. The third-order valence-electron chi connectivity index (χ3n) is 1.71. The van der Waals surface area contributed by atoms with E-state index in [1.807, 2.05) is 13.8 Å². The smallest absolute Gasteiger partial charge is 0.214 e. The van der Waals surface area contributed by atoms with Crippen LogP contribution in [0.15, 0.2) is 0 Å². The number of amidine groups is 1. The van der Waals surface area contributed by atoms with E-state index in [1.54, 1.807) is 6.92 Å². The van der Waals surface area contributed by atoms with Crippen LogP contribution in [0.3, 0.4) is 0 Å². The Morgan fingerprint density at radius 2 is 2.00 bits per heavy atom. The van der Waals surface area contributed by atoms with Crippen molar-refractivity contribution in [3.05, 3.63) is 0 Å². The van der Waals surface area contributed by atoms with Crippen molar-refractivity contribution >= 4 is 15.9 Å². The van der Waals surface area contributed by atoms with Crippen molar-refractivity contribution in [1.82, 2.24) is 4.72 Å². The van der Waals surface area contributed by atoms with Crippen LogP contribution in [0.2, 0.25) is 0 Å². The summed E-state index contributed by atoms with van der Waals surface area (Å²) in [6, 6.07) is -0.360. The normalized spacial score (nSPS) is 14.0. The summed E-state index contributed by atoms with van der Waals surface area (Å²) in [5.41, 5.74) is 5.18. The summed E-state index contributed by atoms with van der Waals surface area (Å²) in [5, 5.41) is 7.05. The Balaban J connectivity index is 4.00. The fourth-order valence-electron chi connectivity index (χ4n) is 1.13. The number of hydrogen-bond donors (Lipinski definition) is 3. The van der Waals surface area contributed by atoms with Crippen molar-refractivity contribution in [2.24, 2.45) is 5.73 Å². The highest BCUT2D eigenvalue weighted by atomic mass is 32.2. The molecule has 0 aliphatic heterocycles. The second kappa shape index (κ2) is 6.82. The van der Waals surface area contributed by atoms with Gasteiger partial charge in [-0.1, -0.05) is 0 Å². The van der Waals surface area contributed by atoms with Crippen molar-refractivity contribution in [3.63, 3.8) is 0 Å². The molecule has 0 aromatic heterocycles. The van der Waals surface area contributed by atoms with Gasteiger partial charge in [0.2, 0.25) is 10.0 Å². The van der Waals surface area contributed by atoms with E-state index < -0.39 is 10.0 Å². The molecule has 0 bridgehead atoms. The first-order chi connectivity index (χ1) is 7.23. The third kappa shape index (κ3) is 8.63. The summed E-state index contributed by atoms with van der Waals surface area (Å²) >= 11 is 0. The number of hydrogen-bond acceptors (Lipinski definition) is 4. The van der Waals surface area contributed by atoms with Crippen LogP contribution in [-0.2, 0) is 14.8 Å². The van der Waals surface area contributed by atoms with Crippen molar-refractivity contribution in [3.8, 4) is 0 Å². The summed E-state index contributed by atoms with van der Waals surface area (Å²) in [4.78, 5) is 0. The standard InChI is InChI=1S/C9H21N3O3S/c1-7(2)15-4-5-16(13,14)12-8(3)6-9(10)11/h7-8,12H,4-6H2,1-3H3,(H3,10,11). The minimum Gasteiger partial charge on any atom is -0.388 e. The molecule has 0 aliphatic carbocycles. The highest BCUT2D eigenvalue weighted by molar-refractivity contribution is 7.89. The van der Waals surface area contributed by atoms with Crippen molar-refractivity contribution in [1.29, 1.82) is 5.41 Å². The lowest BCUT2D eigenvalue weighted by atomic mass is 10.2. The zero-order valence-electron chi connectivity index (χ0n) is 9.99. The minimum absolute atomic E-state index is 0.0184. The molecule has 0 radical (unpaired) electrons. The Morgan fingerprint density at radius 1 is 1.44 bits per heavy atom. The van der Waals surface area contributed by atoms with Gasteiger partial charge >= 0.3 is 0 Å². The van der Waals surface area contributed by atoms with Crippen LogP contribution in [0, 0.1) is 5.41 Å². The van der Waals surface area contributed by atoms with Gasteiger partial charge in [-0.2, -0.15) is 0 Å². The largest absolute Gasteiger partial charge is 0.388 e. The van der Waals surface area contributed by atoms with Gasteiger partial charge in [0, 0.05) is 12.5 Å². The quantitative estimate of drug-likeness (QED) is 0.418. The second-order valence-corrected chi connectivity index (χ2v) is 5.86. The molecular formula is C9H21N3O3S. The molecule has 7 heteroatoms. The van der Waals surface area contributed by atoms with Gasteiger partial charge in [-0.3, -0.25) is 5.41 Å². The van der Waals surface area contributed by atoms with Crippen LogP contribution in [0.1, 0.15) is 27.2 Å². The number of nitrogens with one attached hydrogen (secondary N) is 2.